The lowest BCUT2D eigenvalue weighted by molar-refractivity contribution is 0.0677. The number of benzene rings is 1. The minimum absolute atomic E-state index is 0.325. The predicted octanol–water partition coefficient (Wildman–Crippen LogP) is 2.62. The van der Waals surface area contributed by atoms with Gasteiger partial charge < -0.3 is 15.1 Å². The summed E-state index contributed by atoms with van der Waals surface area (Å²) in [4.78, 5) is 12.3. The number of carbonyl (C=O) groups is 1. The van der Waals surface area contributed by atoms with Gasteiger partial charge in [-0.15, -0.1) is 0 Å². The van der Waals surface area contributed by atoms with Crippen molar-refractivity contribution in [1.29, 1.82) is 0 Å². The van der Waals surface area contributed by atoms with Crippen molar-refractivity contribution in [3.8, 4) is 0 Å². The normalized spacial score (nSPS) is 21.5. The molecule has 92 valence electrons. The predicted molar refractivity (Wildman–Crippen MR) is 66.9 cm³/mol. The van der Waals surface area contributed by atoms with Crippen LogP contribution in [0.5, 0.6) is 0 Å². The number of aliphatic hydroxyl groups excluding tert-OH is 1. The number of hydrogen-bond acceptors (Lipinski definition) is 2. The fourth-order valence-electron chi connectivity index (χ4n) is 2.24. The zero-order valence-corrected chi connectivity index (χ0v) is 10.8. The molecule has 2 unspecified atom stereocenters. The molecule has 1 aliphatic rings. The standard InChI is InChI=1S/C12H14BrNO3/c13-9-5-3-8(4-6-9)11(15)10-2-1-7-14(10)12(16)17/h3-6,10-11,15H,1-2,7H2,(H,16,17). The maximum absolute atomic E-state index is 11.0. The summed E-state index contributed by atoms with van der Waals surface area (Å²) >= 11 is 3.33. The molecule has 2 atom stereocenters. The van der Waals surface area contributed by atoms with Crippen molar-refractivity contribution in [1.82, 2.24) is 4.90 Å². The molecule has 5 heteroatoms. The lowest BCUT2D eigenvalue weighted by atomic mass is 10.0. The highest BCUT2D eigenvalue weighted by atomic mass is 79.9. The Kier molecular flexibility index (Phi) is 3.69. The maximum atomic E-state index is 11.0. The second-order valence-corrected chi connectivity index (χ2v) is 5.10. The van der Waals surface area contributed by atoms with Gasteiger partial charge in [-0.3, -0.25) is 0 Å². The molecule has 4 nitrogen and oxygen atoms in total. The van der Waals surface area contributed by atoms with Crippen molar-refractivity contribution in [2.45, 2.75) is 25.0 Å². The Morgan fingerprint density at radius 2 is 2.06 bits per heavy atom. The molecule has 0 bridgehead atoms. The van der Waals surface area contributed by atoms with E-state index in [4.69, 9.17) is 5.11 Å². The van der Waals surface area contributed by atoms with Crippen LogP contribution >= 0.6 is 15.9 Å². The molecular formula is C12H14BrNO3. The molecule has 17 heavy (non-hydrogen) atoms. The lowest BCUT2D eigenvalue weighted by Crippen LogP contribution is -2.38. The Bertz CT molecular complexity index is 407. The minimum Gasteiger partial charge on any atom is -0.465 e. The lowest BCUT2D eigenvalue weighted by Gasteiger charge is -2.26. The third-order valence-corrected chi connectivity index (χ3v) is 3.65. The largest absolute Gasteiger partial charge is 0.465 e. The van der Waals surface area contributed by atoms with E-state index in [0.717, 1.165) is 16.5 Å². The van der Waals surface area contributed by atoms with Crippen molar-refractivity contribution in [3.63, 3.8) is 0 Å². The van der Waals surface area contributed by atoms with Crippen molar-refractivity contribution >= 4 is 22.0 Å². The first-order chi connectivity index (χ1) is 8.09. The summed E-state index contributed by atoms with van der Waals surface area (Å²) < 4.78 is 0.940. The van der Waals surface area contributed by atoms with Gasteiger partial charge in [0.25, 0.3) is 0 Å². The average molecular weight is 300 g/mol. The van der Waals surface area contributed by atoms with E-state index in [2.05, 4.69) is 15.9 Å². The number of hydrogen-bond donors (Lipinski definition) is 2. The molecule has 1 fully saturated rings. The highest BCUT2D eigenvalue weighted by Crippen LogP contribution is 2.29. The zero-order valence-electron chi connectivity index (χ0n) is 9.21. The van der Waals surface area contributed by atoms with Crippen LogP contribution in [0, 0.1) is 0 Å². The van der Waals surface area contributed by atoms with Crippen molar-refractivity contribution in [3.05, 3.63) is 34.3 Å². The molecule has 2 N–H and O–H groups in total. The molecule has 0 spiro atoms. The van der Waals surface area contributed by atoms with Crippen LogP contribution in [-0.2, 0) is 0 Å². The highest BCUT2D eigenvalue weighted by molar-refractivity contribution is 9.10. The molecule has 1 aliphatic heterocycles. The van der Waals surface area contributed by atoms with E-state index < -0.39 is 12.2 Å². The van der Waals surface area contributed by atoms with E-state index in [1.165, 1.54) is 4.90 Å². The average Bonchev–Trinajstić information content (AvgIpc) is 2.78. The van der Waals surface area contributed by atoms with Gasteiger partial charge in [0.05, 0.1) is 12.1 Å². The Morgan fingerprint density at radius 3 is 2.65 bits per heavy atom. The quantitative estimate of drug-likeness (QED) is 0.882. The molecule has 1 aromatic rings. The van der Waals surface area contributed by atoms with Crippen LogP contribution in [0.15, 0.2) is 28.7 Å². The Hall–Kier alpha value is -1.07. The van der Waals surface area contributed by atoms with Gasteiger partial charge in [0.1, 0.15) is 0 Å². The number of halogens is 1. The third-order valence-electron chi connectivity index (χ3n) is 3.12. The van der Waals surface area contributed by atoms with Crippen molar-refractivity contribution in [2.75, 3.05) is 6.54 Å². The second kappa shape index (κ2) is 5.06. The summed E-state index contributed by atoms with van der Waals surface area (Å²) in [6, 6.07) is 6.99. The molecule has 2 rings (SSSR count). The van der Waals surface area contributed by atoms with Gasteiger partial charge in [0.2, 0.25) is 0 Å². The van der Waals surface area contributed by atoms with E-state index in [1.807, 2.05) is 24.3 Å². The molecule has 0 aromatic heterocycles. The molecule has 1 amide bonds. The van der Waals surface area contributed by atoms with Gasteiger partial charge in [-0.2, -0.15) is 0 Å². The van der Waals surface area contributed by atoms with Crippen LogP contribution in [0.4, 0.5) is 4.79 Å². The SMILES string of the molecule is O=C(O)N1CCCC1C(O)c1ccc(Br)cc1. The van der Waals surface area contributed by atoms with Crippen molar-refractivity contribution in [2.24, 2.45) is 0 Å². The van der Waals surface area contributed by atoms with Crippen molar-refractivity contribution < 1.29 is 15.0 Å². The minimum atomic E-state index is -0.955. The van der Waals surface area contributed by atoms with Gasteiger partial charge in [-0.25, -0.2) is 4.79 Å². The zero-order chi connectivity index (χ0) is 12.4. The molecule has 1 heterocycles. The smallest absolute Gasteiger partial charge is 0.407 e. The van der Waals surface area contributed by atoms with Gasteiger partial charge in [0.15, 0.2) is 0 Å². The number of carboxylic acid groups (broad SMARTS) is 1. The number of likely N-dealkylation sites (tertiary alicyclic amines) is 1. The highest BCUT2D eigenvalue weighted by Gasteiger charge is 2.34. The number of aliphatic hydroxyl groups is 1. The van der Waals surface area contributed by atoms with E-state index in [0.29, 0.717) is 13.0 Å². The first kappa shape index (κ1) is 12.4. The summed E-state index contributed by atoms with van der Waals surface area (Å²) in [5, 5.41) is 19.2. The van der Waals surface area contributed by atoms with E-state index in [1.54, 1.807) is 0 Å². The molecular weight excluding hydrogens is 286 g/mol. The van der Waals surface area contributed by atoms with Crippen LogP contribution in [0.1, 0.15) is 24.5 Å². The van der Waals surface area contributed by atoms with E-state index >= 15 is 0 Å². The molecule has 0 radical (unpaired) electrons. The Morgan fingerprint density at radius 1 is 1.41 bits per heavy atom. The molecule has 1 aromatic carbocycles. The summed E-state index contributed by atoms with van der Waals surface area (Å²) in [6.45, 7) is 0.508. The maximum Gasteiger partial charge on any atom is 0.407 e. The first-order valence-corrected chi connectivity index (χ1v) is 6.32. The fraction of sp³-hybridized carbons (Fsp3) is 0.417. The number of amides is 1. The fourth-order valence-corrected chi connectivity index (χ4v) is 2.50. The number of rotatable bonds is 2. The van der Waals surface area contributed by atoms with Crippen LogP contribution < -0.4 is 0 Å². The third kappa shape index (κ3) is 2.61. The Balaban J connectivity index is 2.16. The summed E-state index contributed by atoms with van der Waals surface area (Å²) in [6.07, 6.45) is -0.181. The summed E-state index contributed by atoms with van der Waals surface area (Å²) in [5.74, 6) is 0. The Labute approximate surface area is 108 Å². The van der Waals surface area contributed by atoms with Crippen LogP contribution in [-0.4, -0.2) is 33.8 Å². The van der Waals surface area contributed by atoms with Gasteiger partial charge in [0, 0.05) is 11.0 Å². The van der Waals surface area contributed by atoms with Crippen LogP contribution in [0.2, 0.25) is 0 Å². The first-order valence-electron chi connectivity index (χ1n) is 5.52. The second-order valence-electron chi connectivity index (χ2n) is 4.18. The van der Waals surface area contributed by atoms with E-state index in [9.17, 15) is 9.90 Å². The van der Waals surface area contributed by atoms with E-state index in [-0.39, 0.29) is 6.04 Å². The molecule has 0 aliphatic carbocycles. The van der Waals surface area contributed by atoms with Gasteiger partial charge in [-0.05, 0) is 30.5 Å². The monoisotopic (exact) mass is 299 g/mol. The van der Waals surface area contributed by atoms with Gasteiger partial charge >= 0.3 is 6.09 Å². The topological polar surface area (TPSA) is 60.8 Å². The number of nitrogens with zero attached hydrogens (tertiary/aromatic N) is 1. The van der Waals surface area contributed by atoms with Gasteiger partial charge in [-0.1, -0.05) is 28.1 Å². The van der Waals surface area contributed by atoms with Crippen LogP contribution in [0.25, 0.3) is 0 Å². The summed E-state index contributed by atoms with van der Waals surface area (Å²) in [5.41, 5.74) is 0.756. The molecule has 1 saturated heterocycles. The van der Waals surface area contributed by atoms with Crippen LogP contribution in [0.3, 0.4) is 0 Å². The summed E-state index contributed by atoms with van der Waals surface area (Å²) in [7, 11) is 0. The molecule has 0 saturated carbocycles.